The third-order valence-electron chi connectivity index (χ3n) is 5.45. The Hall–Kier alpha value is -2.74. The van der Waals surface area contributed by atoms with Gasteiger partial charge >= 0.3 is 6.18 Å². The van der Waals surface area contributed by atoms with Crippen LogP contribution in [0.1, 0.15) is 37.2 Å². The number of anilines is 1. The van der Waals surface area contributed by atoms with Crippen LogP contribution in [-0.2, 0) is 5.41 Å². The lowest BCUT2D eigenvalue weighted by Crippen LogP contribution is -2.53. The van der Waals surface area contributed by atoms with Crippen molar-refractivity contribution in [1.29, 1.82) is 0 Å². The predicted molar refractivity (Wildman–Crippen MR) is 113 cm³/mol. The normalized spacial score (nSPS) is 14.5. The number of benzene rings is 2. The summed E-state index contributed by atoms with van der Waals surface area (Å²) in [5, 5.41) is 13.6. The second-order valence-electron chi connectivity index (χ2n) is 8.59. The molecule has 1 heterocycles. The smallest absolute Gasteiger partial charge is 0.381 e. The fourth-order valence-electron chi connectivity index (χ4n) is 3.73. The Morgan fingerprint density at radius 2 is 1.77 bits per heavy atom. The molecule has 2 aromatic carbocycles. The van der Waals surface area contributed by atoms with Crippen molar-refractivity contribution >= 4 is 16.6 Å². The van der Waals surface area contributed by atoms with Gasteiger partial charge in [0.1, 0.15) is 17.2 Å². The minimum atomic E-state index is -4.88. The van der Waals surface area contributed by atoms with Gasteiger partial charge in [-0.25, -0.2) is 14.4 Å². The maximum atomic E-state index is 14.1. The highest BCUT2D eigenvalue weighted by molar-refractivity contribution is 5.91. The Kier molecular flexibility index (Phi) is 5.97. The number of nitrogens with zero attached hydrogens (tertiary/aromatic N) is 2. The first-order valence-corrected chi connectivity index (χ1v) is 9.84. The third-order valence-corrected chi connectivity index (χ3v) is 5.45. The minimum Gasteiger partial charge on any atom is -0.381 e. The average molecular weight is 435 g/mol. The molecule has 1 unspecified atom stereocenters. The summed E-state index contributed by atoms with van der Waals surface area (Å²) in [6.07, 6.45) is -4.09. The Morgan fingerprint density at radius 1 is 1.06 bits per heavy atom. The van der Waals surface area contributed by atoms with Gasteiger partial charge in [-0.3, -0.25) is 0 Å². The van der Waals surface area contributed by atoms with E-state index in [0.717, 1.165) is 11.6 Å². The molecule has 0 spiro atoms. The second kappa shape index (κ2) is 8.07. The zero-order valence-electron chi connectivity index (χ0n) is 17.8. The average Bonchev–Trinajstić information content (AvgIpc) is 2.66. The molecule has 0 amide bonds. The second-order valence-corrected chi connectivity index (χ2v) is 8.59. The molecule has 0 fully saturated rings. The van der Waals surface area contributed by atoms with Crippen LogP contribution in [0.3, 0.4) is 0 Å². The van der Waals surface area contributed by atoms with Gasteiger partial charge in [-0.1, -0.05) is 43.7 Å². The molecule has 3 rings (SSSR count). The van der Waals surface area contributed by atoms with Crippen LogP contribution in [0.5, 0.6) is 0 Å². The molecule has 8 heteroatoms. The van der Waals surface area contributed by atoms with Crippen LogP contribution in [-0.4, -0.2) is 33.4 Å². The molecule has 2 N–H and O–H groups in total. The lowest BCUT2D eigenvalue weighted by atomic mass is 9.74. The van der Waals surface area contributed by atoms with E-state index in [0.29, 0.717) is 11.4 Å². The number of rotatable bonds is 6. The van der Waals surface area contributed by atoms with E-state index in [9.17, 15) is 22.7 Å². The lowest BCUT2D eigenvalue weighted by molar-refractivity contribution is -0.260. The Labute approximate surface area is 178 Å². The van der Waals surface area contributed by atoms with Crippen LogP contribution < -0.4 is 5.32 Å². The summed E-state index contributed by atoms with van der Waals surface area (Å²) in [4.78, 5) is 8.03. The molecule has 31 heavy (non-hydrogen) atoms. The number of aromatic nitrogens is 2. The number of aryl methyl sites for hydroxylation is 2. The summed E-state index contributed by atoms with van der Waals surface area (Å²) in [5.74, 6) is -0.257. The summed E-state index contributed by atoms with van der Waals surface area (Å²) >= 11 is 0. The standard InChI is InChI=1S/C23H25F4N3O/c1-14-6-5-7-16(10-14)21(3,4)12-22(31,23(25,26)27)13-29-19-9-8-18(24)20-17(19)11-28-15(2)30-20/h5-11,29,31H,12-13H2,1-4H3. The van der Waals surface area contributed by atoms with Gasteiger partial charge in [-0.05, 0) is 43.4 Å². The maximum absolute atomic E-state index is 14.1. The highest BCUT2D eigenvalue weighted by Gasteiger charge is 2.55. The number of nitrogens with one attached hydrogen (secondary N) is 1. The molecule has 0 aliphatic rings. The fourth-order valence-corrected chi connectivity index (χ4v) is 3.73. The number of hydrogen-bond acceptors (Lipinski definition) is 4. The van der Waals surface area contributed by atoms with Gasteiger partial charge in [-0.2, -0.15) is 13.2 Å². The Bertz CT molecular complexity index is 1100. The zero-order chi connectivity index (χ0) is 23.0. The molecule has 0 saturated heterocycles. The molecule has 3 aromatic rings. The van der Waals surface area contributed by atoms with Crippen molar-refractivity contribution in [2.24, 2.45) is 0 Å². The van der Waals surface area contributed by atoms with Crippen molar-refractivity contribution in [3.05, 3.63) is 65.4 Å². The minimum absolute atomic E-state index is 0.00754. The molecule has 0 saturated carbocycles. The number of fused-ring (bicyclic) bond motifs is 1. The Morgan fingerprint density at radius 3 is 2.42 bits per heavy atom. The summed E-state index contributed by atoms with van der Waals surface area (Å²) in [6.45, 7) is 5.99. The van der Waals surface area contributed by atoms with Crippen LogP contribution in [0.25, 0.3) is 10.9 Å². The third kappa shape index (κ3) is 4.79. The van der Waals surface area contributed by atoms with E-state index in [-0.39, 0.29) is 16.6 Å². The number of alkyl halides is 3. The molecular formula is C23H25F4N3O. The SMILES string of the molecule is Cc1cccc(C(C)(C)CC(O)(CNc2ccc(F)c3nc(C)ncc23)C(F)(F)F)c1. The van der Waals surface area contributed by atoms with Gasteiger partial charge in [0.25, 0.3) is 0 Å². The largest absolute Gasteiger partial charge is 0.418 e. The van der Waals surface area contributed by atoms with E-state index < -0.39 is 36.0 Å². The molecule has 1 atom stereocenters. The summed E-state index contributed by atoms with van der Waals surface area (Å²) in [7, 11) is 0. The van der Waals surface area contributed by atoms with Crippen molar-refractivity contribution < 1.29 is 22.7 Å². The first-order valence-electron chi connectivity index (χ1n) is 9.84. The van der Waals surface area contributed by atoms with Gasteiger partial charge in [0.2, 0.25) is 0 Å². The molecule has 4 nitrogen and oxygen atoms in total. The van der Waals surface area contributed by atoms with Gasteiger partial charge in [0, 0.05) is 17.3 Å². The van der Waals surface area contributed by atoms with E-state index >= 15 is 0 Å². The van der Waals surface area contributed by atoms with Gasteiger partial charge in [0.15, 0.2) is 5.60 Å². The highest BCUT2D eigenvalue weighted by atomic mass is 19.4. The number of hydrogen-bond donors (Lipinski definition) is 2. The highest BCUT2D eigenvalue weighted by Crippen LogP contribution is 2.41. The van der Waals surface area contributed by atoms with Crippen molar-refractivity contribution in [3.8, 4) is 0 Å². The molecule has 0 aliphatic heterocycles. The molecule has 166 valence electrons. The lowest BCUT2D eigenvalue weighted by Gasteiger charge is -2.38. The van der Waals surface area contributed by atoms with E-state index in [1.165, 1.54) is 12.3 Å². The van der Waals surface area contributed by atoms with E-state index in [4.69, 9.17) is 0 Å². The first kappa shape index (κ1) is 22.9. The molecule has 0 bridgehead atoms. The predicted octanol–water partition coefficient (Wildman–Crippen LogP) is 5.46. The van der Waals surface area contributed by atoms with Gasteiger partial charge in [0.05, 0.1) is 6.54 Å². The quantitative estimate of drug-likeness (QED) is 0.505. The van der Waals surface area contributed by atoms with E-state index in [1.54, 1.807) is 32.9 Å². The van der Waals surface area contributed by atoms with Crippen LogP contribution in [0.4, 0.5) is 23.2 Å². The van der Waals surface area contributed by atoms with Crippen LogP contribution >= 0.6 is 0 Å². The van der Waals surface area contributed by atoms with Crippen molar-refractivity contribution in [3.63, 3.8) is 0 Å². The van der Waals surface area contributed by atoms with Crippen LogP contribution in [0.2, 0.25) is 0 Å². The summed E-state index contributed by atoms with van der Waals surface area (Å²) < 4.78 is 56.1. The Balaban J connectivity index is 1.92. The topological polar surface area (TPSA) is 58.0 Å². The molecule has 0 aliphatic carbocycles. The molecular weight excluding hydrogens is 410 g/mol. The molecule has 0 radical (unpaired) electrons. The van der Waals surface area contributed by atoms with Crippen molar-refractivity contribution in [2.75, 3.05) is 11.9 Å². The van der Waals surface area contributed by atoms with Gasteiger partial charge < -0.3 is 10.4 Å². The first-order chi connectivity index (χ1) is 14.3. The summed E-state index contributed by atoms with van der Waals surface area (Å²) in [5.41, 5.74) is -2.13. The summed E-state index contributed by atoms with van der Waals surface area (Å²) in [6, 6.07) is 9.66. The van der Waals surface area contributed by atoms with E-state index in [1.807, 2.05) is 19.1 Å². The number of aliphatic hydroxyl groups is 1. The monoisotopic (exact) mass is 435 g/mol. The van der Waals surface area contributed by atoms with E-state index in [2.05, 4.69) is 15.3 Å². The van der Waals surface area contributed by atoms with Crippen LogP contribution in [0.15, 0.2) is 42.6 Å². The van der Waals surface area contributed by atoms with Crippen molar-refractivity contribution in [2.45, 2.75) is 51.3 Å². The number of halogens is 4. The fraction of sp³-hybridized carbons (Fsp3) is 0.391. The van der Waals surface area contributed by atoms with Crippen molar-refractivity contribution in [1.82, 2.24) is 9.97 Å². The zero-order valence-corrected chi connectivity index (χ0v) is 17.8. The van der Waals surface area contributed by atoms with Gasteiger partial charge in [-0.15, -0.1) is 0 Å². The van der Waals surface area contributed by atoms with Crippen LogP contribution in [0, 0.1) is 19.7 Å². The maximum Gasteiger partial charge on any atom is 0.418 e. The molecule has 1 aromatic heterocycles.